The van der Waals surface area contributed by atoms with Crippen molar-refractivity contribution < 1.29 is 14.0 Å². The van der Waals surface area contributed by atoms with Gasteiger partial charge in [0.05, 0.1) is 11.8 Å². The number of halogens is 1. The SMILES string of the molecule is CC(C)C(=O)NCCNC(=O)c1ccoc1Br. The van der Waals surface area contributed by atoms with Gasteiger partial charge in [-0.25, -0.2) is 0 Å². The molecule has 0 saturated heterocycles. The van der Waals surface area contributed by atoms with Gasteiger partial charge >= 0.3 is 0 Å². The minimum Gasteiger partial charge on any atom is -0.457 e. The van der Waals surface area contributed by atoms with Crippen LogP contribution in [0.15, 0.2) is 21.4 Å². The van der Waals surface area contributed by atoms with Gasteiger partial charge in [0, 0.05) is 19.0 Å². The first kappa shape index (κ1) is 13.8. The third kappa shape index (κ3) is 4.22. The fourth-order valence-corrected chi connectivity index (χ4v) is 1.54. The van der Waals surface area contributed by atoms with Crippen molar-refractivity contribution in [2.24, 2.45) is 5.92 Å². The Morgan fingerprint density at radius 3 is 2.53 bits per heavy atom. The normalized spacial score (nSPS) is 10.4. The molecule has 0 atom stereocenters. The average molecular weight is 303 g/mol. The maximum atomic E-state index is 11.6. The highest BCUT2D eigenvalue weighted by Gasteiger charge is 2.12. The molecule has 0 aliphatic heterocycles. The first-order chi connectivity index (χ1) is 8.02. The van der Waals surface area contributed by atoms with E-state index in [0.29, 0.717) is 23.3 Å². The van der Waals surface area contributed by atoms with Crippen molar-refractivity contribution in [1.29, 1.82) is 0 Å². The van der Waals surface area contributed by atoms with Crippen molar-refractivity contribution in [3.8, 4) is 0 Å². The van der Waals surface area contributed by atoms with Crippen LogP contribution in [0.3, 0.4) is 0 Å². The highest BCUT2D eigenvalue weighted by atomic mass is 79.9. The Labute approximate surface area is 108 Å². The van der Waals surface area contributed by atoms with E-state index in [4.69, 9.17) is 4.42 Å². The molecule has 94 valence electrons. The largest absolute Gasteiger partial charge is 0.457 e. The van der Waals surface area contributed by atoms with E-state index in [1.807, 2.05) is 13.8 Å². The second kappa shape index (κ2) is 6.44. The van der Waals surface area contributed by atoms with Crippen molar-refractivity contribution in [2.75, 3.05) is 13.1 Å². The predicted octanol–water partition coefficient (Wildman–Crippen LogP) is 1.54. The van der Waals surface area contributed by atoms with Gasteiger partial charge in [-0.05, 0) is 22.0 Å². The third-order valence-corrected chi connectivity index (χ3v) is 2.71. The molecule has 0 saturated carbocycles. The van der Waals surface area contributed by atoms with Crippen molar-refractivity contribution in [1.82, 2.24) is 10.6 Å². The topological polar surface area (TPSA) is 71.3 Å². The molecule has 0 radical (unpaired) electrons. The number of hydrogen-bond donors (Lipinski definition) is 2. The monoisotopic (exact) mass is 302 g/mol. The van der Waals surface area contributed by atoms with Crippen molar-refractivity contribution >= 4 is 27.7 Å². The summed E-state index contributed by atoms with van der Waals surface area (Å²) in [6.45, 7) is 4.43. The smallest absolute Gasteiger partial charge is 0.255 e. The molecule has 6 heteroatoms. The zero-order chi connectivity index (χ0) is 12.8. The number of amides is 2. The lowest BCUT2D eigenvalue weighted by atomic mass is 10.2. The Balaban J connectivity index is 2.26. The molecule has 1 rings (SSSR count). The summed E-state index contributed by atoms with van der Waals surface area (Å²) in [5.41, 5.74) is 0.445. The van der Waals surface area contributed by atoms with Crippen LogP contribution in [0.5, 0.6) is 0 Å². The number of carbonyl (C=O) groups excluding carboxylic acids is 2. The van der Waals surface area contributed by atoms with Gasteiger partial charge in [-0.1, -0.05) is 13.8 Å². The van der Waals surface area contributed by atoms with Crippen LogP contribution in [0.25, 0.3) is 0 Å². The fraction of sp³-hybridized carbons (Fsp3) is 0.455. The van der Waals surface area contributed by atoms with Crippen LogP contribution in [-0.2, 0) is 4.79 Å². The summed E-state index contributed by atoms with van der Waals surface area (Å²) in [7, 11) is 0. The Hall–Kier alpha value is -1.30. The summed E-state index contributed by atoms with van der Waals surface area (Å²) in [5.74, 6) is -0.304. The van der Waals surface area contributed by atoms with Gasteiger partial charge in [0.25, 0.3) is 5.91 Å². The molecule has 0 aliphatic rings. The molecule has 1 aromatic rings. The van der Waals surface area contributed by atoms with Crippen LogP contribution in [-0.4, -0.2) is 24.9 Å². The quantitative estimate of drug-likeness (QED) is 0.811. The summed E-state index contributed by atoms with van der Waals surface area (Å²) in [6, 6.07) is 1.58. The van der Waals surface area contributed by atoms with Gasteiger partial charge in [0.1, 0.15) is 0 Å². The molecular formula is C11H15BrN2O3. The highest BCUT2D eigenvalue weighted by Crippen LogP contribution is 2.16. The summed E-state index contributed by atoms with van der Waals surface area (Å²) in [4.78, 5) is 22.8. The zero-order valence-corrected chi connectivity index (χ0v) is 11.3. The molecule has 0 spiro atoms. The molecule has 0 aromatic carbocycles. The molecule has 0 fully saturated rings. The van der Waals surface area contributed by atoms with Crippen LogP contribution < -0.4 is 10.6 Å². The summed E-state index contributed by atoms with van der Waals surface area (Å²) in [6.07, 6.45) is 1.43. The van der Waals surface area contributed by atoms with E-state index < -0.39 is 0 Å². The molecule has 0 bridgehead atoms. The Morgan fingerprint density at radius 1 is 1.35 bits per heavy atom. The first-order valence-electron chi connectivity index (χ1n) is 5.31. The minimum atomic E-state index is -0.232. The van der Waals surface area contributed by atoms with Crippen LogP contribution in [0.4, 0.5) is 0 Å². The molecule has 2 amide bonds. The standard InChI is InChI=1S/C11H15BrN2O3/c1-7(2)10(15)13-4-5-14-11(16)8-3-6-17-9(8)12/h3,6-7H,4-5H2,1-2H3,(H,13,15)(H,14,16). The molecule has 1 heterocycles. The van der Waals surface area contributed by atoms with E-state index in [1.165, 1.54) is 6.26 Å². The van der Waals surface area contributed by atoms with Crippen LogP contribution in [0, 0.1) is 5.92 Å². The number of nitrogens with one attached hydrogen (secondary N) is 2. The maximum absolute atomic E-state index is 11.6. The second-order valence-corrected chi connectivity index (χ2v) is 4.53. The number of hydrogen-bond acceptors (Lipinski definition) is 3. The predicted molar refractivity (Wildman–Crippen MR) is 66.6 cm³/mol. The lowest BCUT2D eigenvalue weighted by Crippen LogP contribution is -2.36. The van der Waals surface area contributed by atoms with Crippen LogP contribution in [0.2, 0.25) is 0 Å². The molecular weight excluding hydrogens is 288 g/mol. The zero-order valence-electron chi connectivity index (χ0n) is 9.75. The number of furan rings is 1. The molecule has 0 unspecified atom stereocenters. The Morgan fingerprint density at radius 2 is 2.00 bits per heavy atom. The average Bonchev–Trinajstić information content (AvgIpc) is 2.70. The summed E-state index contributed by atoms with van der Waals surface area (Å²) < 4.78 is 5.35. The van der Waals surface area contributed by atoms with Gasteiger partial charge < -0.3 is 15.1 Å². The molecule has 1 aromatic heterocycles. The summed E-state index contributed by atoms with van der Waals surface area (Å²) >= 11 is 3.12. The lowest BCUT2D eigenvalue weighted by molar-refractivity contribution is -0.123. The minimum absolute atomic E-state index is 0.0243. The van der Waals surface area contributed by atoms with Gasteiger partial charge in [-0.2, -0.15) is 0 Å². The van der Waals surface area contributed by atoms with E-state index in [1.54, 1.807) is 6.07 Å². The Bertz CT molecular complexity index is 401. The van der Waals surface area contributed by atoms with E-state index in [9.17, 15) is 9.59 Å². The molecule has 5 nitrogen and oxygen atoms in total. The third-order valence-electron chi connectivity index (χ3n) is 2.10. The van der Waals surface area contributed by atoms with Gasteiger partial charge in [0.2, 0.25) is 5.91 Å². The number of rotatable bonds is 5. The van der Waals surface area contributed by atoms with E-state index >= 15 is 0 Å². The van der Waals surface area contributed by atoms with Gasteiger partial charge in [0.15, 0.2) is 4.67 Å². The van der Waals surface area contributed by atoms with Gasteiger partial charge in [-0.3, -0.25) is 9.59 Å². The van der Waals surface area contributed by atoms with E-state index in [0.717, 1.165) is 0 Å². The lowest BCUT2D eigenvalue weighted by Gasteiger charge is -2.08. The molecule has 2 N–H and O–H groups in total. The Kier molecular flexibility index (Phi) is 5.21. The maximum Gasteiger partial charge on any atom is 0.255 e. The second-order valence-electron chi connectivity index (χ2n) is 3.81. The fourth-order valence-electron chi connectivity index (χ4n) is 1.12. The van der Waals surface area contributed by atoms with Crippen LogP contribution in [0.1, 0.15) is 24.2 Å². The first-order valence-corrected chi connectivity index (χ1v) is 6.10. The van der Waals surface area contributed by atoms with Crippen molar-refractivity contribution in [2.45, 2.75) is 13.8 Å². The molecule has 17 heavy (non-hydrogen) atoms. The van der Waals surface area contributed by atoms with Gasteiger partial charge in [-0.15, -0.1) is 0 Å². The molecule has 0 aliphatic carbocycles. The van der Waals surface area contributed by atoms with Crippen molar-refractivity contribution in [3.63, 3.8) is 0 Å². The summed E-state index contributed by atoms with van der Waals surface area (Å²) in [5, 5.41) is 5.39. The number of carbonyl (C=O) groups is 2. The highest BCUT2D eigenvalue weighted by molar-refractivity contribution is 9.10. The van der Waals surface area contributed by atoms with E-state index in [-0.39, 0.29) is 17.7 Å². The van der Waals surface area contributed by atoms with E-state index in [2.05, 4.69) is 26.6 Å². The van der Waals surface area contributed by atoms with Crippen molar-refractivity contribution in [3.05, 3.63) is 22.6 Å². The van der Waals surface area contributed by atoms with Crippen LogP contribution >= 0.6 is 15.9 Å².